The van der Waals surface area contributed by atoms with E-state index in [0.29, 0.717) is 13.1 Å². The molecule has 0 spiro atoms. The molecule has 1 aromatic rings. The number of nitrogens with one attached hydrogen (secondary N) is 1. The van der Waals surface area contributed by atoms with Crippen molar-refractivity contribution in [1.29, 1.82) is 0 Å². The van der Waals surface area contributed by atoms with E-state index >= 15 is 0 Å². The van der Waals surface area contributed by atoms with E-state index in [0.717, 1.165) is 18.4 Å². The van der Waals surface area contributed by atoms with Crippen LogP contribution in [-0.4, -0.2) is 56.8 Å². The molecule has 1 aromatic carbocycles. The van der Waals surface area contributed by atoms with Crippen molar-refractivity contribution in [3.63, 3.8) is 0 Å². The Morgan fingerprint density at radius 1 is 1.36 bits per heavy atom. The van der Waals surface area contributed by atoms with Crippen LogP contribution in [0.3, 0.4) is 0 Å². The molecule has 1 amide bonds. The number of piperidine rings is 1. The number of hydrogen-bond acceptors (Lipinski definition) is 4. The molecule has 2 N–H and O–H groups in total. The van der Waals surface area contributed by atoms with Crippen LogP contribution in [0.4, 0.5) is 0 Å². The van der Waals surface area contributed by atoms with Gasteiger partial charge in [0.05, 0.1) is 6.61 Å². The molecule has 1 atom stereocenters. The molecule has 1 unspecified atom stereocenters. The van der Waals surface area contributed by atoms with Crippen LogP contribution in [-0.2, 0) is 20.2 Å². The number of sulfonamides is 1. The fourth-order valence-electron chi connectivity index (χ4n) is 2.92. The molecule has 122 valence electrons. The standard InChI is InChI=1S/C15H22N2O4S/c1-16-22(20,21)10-14(19)17-9-5-8-15(11-17,12-18)13-6-3-2-4-7-13/h2-4,6-7,16,18H,5,8-12H2,1H3. The molecule has 1 aliphatic rings. The molecule has 0 aromatic heterocycles. The number of nitrogens with zero attached hydrogens (tertiary/aromatic N) is 1. The molecule has 1 saturated heterocycles. The third-order valence-electron chi connectivity index (χ3n) is 4.24. The van der Waals surface area contributed by atoms with Gasteiger partial charge >= 0.3 is 0 Å². The smallest absolute Gasteiger partial charge is 0.239 e. The number of benzene rings is 1. The van der Waals surface area contributed by atoms with E-state index in [1.54, 1.807) is 4.90 Å². The maximum atomic E-state index is 12.2. The second-order valence-electron chi connectivity index (χ2n) is 5.69. The van der Waals surface area contributed by atoms with E-state index in [2.05, 4.69) is 4.72 Å². The number of carbonyl (C=O) groups excluding carboxylic acids is 1. The highest BCUT2D eigenvalue weighted by molar-refractivity contribution is 7.90. The summed E-state index contributed by atoms with van der Waals surface area (Å²) in [6.45, 7) is 0.789. The van der Waals surface area contributed by atoms with Crippen LogP contribution in [0.1, 0.15) is 18.4 Å². The minimum atomic E-state index is -3.58. The first kappa shape index (κ1) is 16.9. The zero-order chi connectivity index (χ0) is 16.2. The van der Waals surface area contributed by atoms with Crippen molar-refractivity contribution in [3.05, 3.63) is 35.9 Å². The van der Waals surface area contributed by atoms with Gasteiger partial charge in [0.2, 0.25) is 15.9 Å². The molecule has 1 fully saturated rings. The van der Waals surface area contributed by atoms with Crippen LogP contribution in [0.15, 0.2) is 30.3 Å². The molecule has 2 rings (SSSR count). The molecule has 1 aliphatic heterocycles. The summed E-state index contributed by atoms with van der Waals surface area (Å²) in [5.41, 5.74) is 0.463. The number of rotatable bonds is 5. The van der Waals surface area contributed by atoms with Crippen LogP contribution in [0.5, 0.6) is 0 Å². The van der Waals surface area contributed by atoms with Crippen molar-refractivity contribution in [2.45, 2.75) is 18.3 Å². The minimum absolute atomic E-state index is 0.0699. The highest BCUT2D eigenvalue weighted by atomic mass is 32.2. The van der Waals surface area contributed by atoms with E-state index in [9.17, 15) is 18.3 Å². The minimum Gasteiger partial charge on any atom is -0.395 e. The van der Waals surface area contributed by atoms with Crippen molar-refractivity contribution in [2.24, 2.45) is 0 Å². The Morgan fingerprint density at radius 2 is 2.05 bits per heavy atom. The summed E-state index contributed by atoms with van der Waals surface area (Å²) in [5.74, 6) is -0.984. The molecular weight excluding hydrogens is 304 g/mol. The second kappa shape index (κ2) is 6.76. The van der Waals surface area contributed by atoms with Crippen molar-refractivity contribution in [3.8, 4) is 0 Å². The predicted molar refractivity (Wildman–Crippen MR) is 83.9 cm³/mol. The van der Waals surface area contributed by atoms with Crippen LogP contribution < -0.4 is 4.72 Å². The van der Waals surface area contributed by atoms with Crippen molar-refractivity contribution in [1.82, 2.24) is 9.62 Å². The van der Waals surface area contributed by atoms with Crippen LogP contribution >= 0.6 is 0 Å². The van der Waals surface area contributed by atoms with Gasteiger partial charge in [0.1, 0.15) is 5.75 Å². The zero-order valence-corrected chi connectivity index (χ0v) is 13.5. The van der Waals surface area contributed by atoms with Crippen molar-refractivity contribution in [2.75, 3.05) is 32.5 Å². The lowest BCUT2D eigenvalue weighted by atomic mass is 9.75. The van der Waals surface area contributed by atoms with Gasteiger partial charge < -0.3 is 10.0 Å². The first-order valence-electron chi connectivity index (χ1n) is 7.28. The Morgan fingerprint density at radius 3 is 2.64 bits per heavy atom. The topological polar surface area (TPSA) is 86.7 Å². The number of likely N-dealkylation sites (tertiary alicyclic amines) is 1. The Balaban J connectivity index is 2.18. The average Bonchev–Trinajstić information content (AvgIpc) is 2.55. The van der Waals surface area contributed by atoms with Gasteiger partial charge in [-0.25, -0.2) is 13.1 Å². The van der Waals surface area contributed by atoms with Gasteiger partial charge in [-0.05, 0) is 25.5 Å². The fourth-order valence-corrected chi connectivity index (χ4v) is 3.57. The molecule has 0 aliphatic carbocycles. The summed E-state index contributed by atoms with van der Waals surface area (Å²) in [6.07, 6.45) is 1.51. The normalized spacial score (nSPS) is 22.5. The third-order valence-corrected chi connectivity index (χ3v) is 5.49. The lowest BCUT2D eigenvalue weighted by Crippen LogP contribution is -2.52. The largest absolute Gasteiger partial charge is 0.395 e. The summed E-state index contributed by atoms with van der Waals surface area (Å²) in [5, 5.41) is 9.90. The second-order valence-corrected chi connectivity index (χ2v) is 7.61. The summed E-state index contributed by atoms with van der Waals surface area (Å²) >= 11 is 0. The fraction of sp³-hybridized carbons (Fsp3) is 0.533. The molecule has 1 heterocycles. The van der Waals surface area contributed by atoms with Gasteiger partial charge in [-0.2, -0.15) is 0 Å². The maximum Gasteiger partial charge on any atom is 0.239 e. The predicted octanol–water partition coefficient (Wildman–Crippen LogP) is 0.0883. The molecule has 6 nitrogen and oxygen atoms in total. The number of aliphatic hydroxyl groups excluding tert-OH is 1. The number of aliphatic hydroxyl groups is 1. The van der Waals surface area contributed by atoms with Crippen molar-refractivity contribution >= 4 is 15.9 Å². The third kappa shape index (κ3) is 3.66. The van der Waals surface area contributed by atoms with Crippen LogP contribution in [0, 0.1) is 0 Å². The van der Waals surface area contributed by atoms with E-state index in [1.165, 1.54) is 7.05 Å². The zero-order valence-electron chi connectivity index (χ0n) is 12.7. The highest BCUT2D eigenvalue weighted by Crippen LogP contribution is 2.33. The van der Waals surface area contributed by atoms with Crippen LogP contribution in [0.2, 0.25) is 0 Å². The van der Waals surface area contributed by atoms with E-state index in [-0.39, 0.29) is 6.61 Å². The number of carbonyl (C=O) groups is 1. The number of amides is 1. The average molecular weight is 326 g/mol. The summed E-state index contributed by atoms with van der Waals surface area (Å²) in [6, 6.07) is 9.58. The highest BCUT2D eigenvalue weighted by Gasteiger charge is 2.38. The summed E-state index contributed by atoms with van der Waals surface area (Å²) in [7, 11) is -2.29. The van der Waals surface area contributed by atoms with Gasteiger partial charge in [0, 0.05) is 18.5 Å². The summed E-state index contributed by atoms with van der Waals surface area (Å²) < 4.78 is 25.2. The van der Waals surface area contributed by atoms with Gasteiger partial charge in [-0.1, -0.05) is 30.3 Å². The maximum absolute atomic E-state index is 12.2. The van der Waals surface area contributed by atoms with Crippen LogP contribution in [0.25, 0.3) is 0 Å². The van der Waals surface area contributed by atoms with Gasteiger partial charge in [0.25, 0.3) is 0 Å². The Labute approximate surface area is 131 Å². The molecular formula is C15H22N2O4S. The van der Waals surface area contributed by atoms with E-state index < -0.39 is 27.1 Å². The quantitative estimate of drug-likeness (QED) is 0.803. The Hall–Kier alpha value is -1.44. The molecule has 0 saturated carbocycles. The monoisotopic (exact) mass is 326 g/mol. The lowest BCUT2D eigenvalue weighted by molar-refractivity contribution is -0.131. The van der Waals surface area contributed by atoms with Gasteiger partial charge in [0.15, 0.2) is 0 Å². The lowest BCUT2D eigenvalue weighted by Gasteiger charge is -2.42. The molecule has 0 bridgehead atoms. The SMILES string of the molecule is CNS(=O)(=O)CC(=O)N1CCCC(CO)(c2ccccc2)C1. The van der Waals surface area contributed by atoms with Gasteiger partial charge in [-0.15, -0.1) is 0 Å². The first-order valence-corrected chi connectivity index (χ1v) is 8.93. The van der Waals surface area contributed by atoms with Gasteiger partial charge in [-0.3, -0.25) is 4.79 Å². The van der Waals surface area contributed by atoms with E-state index in [4.69, 9.17) is 0 Å². The van der Waals surface area contributed by atoms with E-state index in [1.807, 2.05) is 30.3 Å². The molecule has 0 radical (unpaired) electrons. The number of hydrogen-bond donors (Lipinski definition) is 2. The Kier molecular flexibility index (Phi) is 5.20. The molecule has 22 heavy (non-hydrogen) atoms. The summed E-state index contributed by atoms with van der Waals surface area (Å²) in [4.78, 5) is 13.8. The Bertz CT molecular complexity index is 618. The molecule has 7 heteroatoms. The first-order chi connectivity index (χ1) is 10.4. The van der Waals surface area contributed by atoms with Crippen molar-refractivity contribution < 1.29 is 18.3 Å².